The summed E-state index contributed by atoms with van der Waals surface area (Å²) in [5.74, 6) is -0.737. The third-order valence-corrected chi connectivity index (χ3v) is 1.68. The first-order valence-electron chi connectivity index (χ1n) is 5.23. The molecule has 2 amide bonds. The Kier molecular flexibility index (Phi) is 7.83. The molecule has 0 atom stereocenters. The lowest BCUT2D eigenvalue weighted by Crippen LogP contribution is -2.33. The second-order valence-electron chi connectivity index (χ2n) is 3.14. The van der Waals surface area contributed by atoms with Crippen LogP contribution in [-0.2, 0) is 19.1 Å². The zero-order valence-corrected chi connectivity index (χ0v) is 9.67. The van der Waals surface area contributed by atoms with E-state index in [9.17, 15) is 14.4 Å². The van der Waals surface area contributed by atoms with E-state index in [4.69, 9.17) is 0 Å². The number of esters is 1. The number of rotatable bonds is 7. The molecule has 0 aliphatic carbocycles. The van der Waals surface area contributed by atoms with Crippen molar-refractivity contribution >= 4 is 17.8 Å². The molecule has 0 saturated heterocycles. The van der Waals surface area contributed by atoms with Crippen molar-refractivity contribution in [3.05, 3.63) is 0 Å². The molecule has 0 aliphatic rings. The molecule has 0 aromatic carbocycles. The summed E-state index contributed by atoms with van der Waals surface area (Å²) in [5, 5.41) is 5.11. The van der Waals surface area contributed by atoms with E-state index in [1.807, 2.05) is 0 Å². The van der Waals surface area contributed by atoms with Gasteiger partial charge < -0.3 is 15.4 Å². The van der Waals surface area contributed by atoms with Crippen LogP contribution >= 0.6 is 0 Å². The summed E-state index contributed by atoms with van der Waals surface area (Å²) < 4.78 is 4.67. The predicted molar refractivity (Wildman–Crippen MR) is 57.6 cm³/mol. The van der Waals surface area contributed by atoms with Crippen LogP contribution < -0.4 is 10.6 Å². The number of ether oxygens (including phenoxy) is 1. The minimum absolute atomic E-state index is 0.0831. The van der Waals surface area contributed by atoms with Crippen molar-refractivity contribution < 1.29 is 19.1 Å². The van der Waals surface area contributed by atoms with E-state index in [0.717, 1.165) is 0 Å². The number of carbonyl (C=O) groups excluding carboxylic acids is 3. The Morgan fingerprint density at radius 3 is 2.25 bits per heavy atom. The van der Waals surface area contributed by atoms with Crippen molar-refractivity contribution in [2.24, 2.45) is 0 Å². The first-order valence-corrected chi connectivity index (χ1v) is 5.23. The maximum atomic E-state index is 11.2. The van der Waals surface area contributed by atoms with Crippen LogP contribution in [0.5, 0.6) is 0 Å². The fourth-order valence-corrected chi connectivity index (χ4v) is 0.978. The lowest BCUT2D eigenvalue weighted by Gasteiger charge is -2.05. The normalized spacial score (nSPS) is 9.38. The van der Waals surface area contributed by atoms with Gasteiger partial charge in [0.1, 0.15) is 0 Å². The van der Waals surface area contributed by atoms with Crippen LogP contribution in [0.2, 0.25) is 0 Å². The van der Waals surface area contributed by atoms with Crippen LogP contribution in [0.3, 0.4) is 0 Å². The van der Waals surface area contributed by atoms with Crippen LogP contribution in [0.4, 0.5) is 0 Å². The molecule has 0 radical (unpaired) electrons. The summed E-state index contributed by atoms with van der Waals surface area (Å²) in [6.45, 7) is 4.19. The van der Waals surface area contributed by atoms with Crippen LogP contribution in [-0.4, -0.2) is 37.5 Å². The fourth-order valence-electron chi connectivity index (χ4n) is 0.978. The molecule has 6 heteroatoms. The Morgan fingerprint density at radius 2 is 1.69 bits per heavy atom. The molecule has 0 aliphatic heterocycles. The van der Waals surface area contributed by atoms with Gasteiger partial charge in [0, 0.05) is 26.4 Å². The van der Waals surface area contributed by atoms with Gasteiger partial charge in [-0.25, -0.2) is 0 Å². The van der Waals surface area contributed by atoms with Gasteiger partial charge in [-0.2, -0.15) is 0 Å². The quantitative estimate of drug-likeness (QED) is 0.459. The number of hydrogen-bond acceptors (Lipinski definition) is 4. The van der Waals surface area contributed by atoms with Gasteiger partial charge in [-0.1, -0.05) is 0 Å². The molecule has 0 saturated carbocycles. The molecule has 0 heterocycles. The number of hydrogen-bond donors (Lipinski definition) is 2. The second-order valence-corrected chi connectivity index (χ2v) is 3.14. The summed E-state index contributed by atoms with van der Waals surface area (Å²) in [7, 11) is 0. The van der Waals surface area contributed by atoms with E-state index in [0.29, 0.717) is 19.7 Å². The first-order chi connectivity index (χ1) is 7.56. The highest BCUT2D eigenvalue weighted by Crippen LogP contribution is 1.92. The Hall–Kier alpha value is -1.59. The van der Waals surface area contributed by atoms with E-state index in [2.05, 4.69) is 15.4 Å². The van der Waals surface area contributed by atoms with Crippen molar-refractivity contribution in [3.63, 3.8) is 0 Å². The van der Waals surface area contributed by atoms with Gasteiger partial charge in [0.25, 0.3) is 0 Å². The van der Waals surface area contributed by atoms with Gasteiger partial charge in [-0.05, 0) is 6.92 Å². The highest BCUT2D eigenvalue weighted by molar-refractivity contribution is 5.81. The SMILES string of the molecule is CCOC(=O)CCC(=O)NCCNC(C)=O. The molecular formula is C10H18N2O4. The van der Waals surface area contributed by atoms with Gasteiger partial charge >= 0.3 is 5.97 Å². The number of nitrogens with one attached hydrogen (secondary N) is 2. The summed E-state index contributed by atoms with van der Waals surface area (Å²) in [5.41, 5.74) is 0. The average molecular weight is 230 g/mol. The Morgan fingerprint density at radius 1 is 1.06 bits per heavy atom. The van der Waals surface area contributed by atoms with E-state index >= 15 is 0 Å². The summed E-state index contributed by atoms with van der Waals surface area (Å²) in [6.07, 6.45) is 0.193. The summed E-state index contributed by atoms with van der Waals surface area (Å²) in [6, 6.07) is 0. The van der Waals surface area contributed by atoms with E-state index in [1.165, 1.54) is 6.92 Å². The topological polar surface area (TPSA) is 84.5 Å². The molecule has 2 N–H and O–H groups in total. The number of carbonyl (C=O) groups is 3. The van der Waals surface area contributed by atoms with Crippen molar-refractivity contribution in [2.75, 3.05) is 19.7 Å². The molecule has 0 aromatic rings. The molecule has 0 aromatic heterocycles. The van der Waals surface area contributed by atoms with Gasteiger partial charge in [0.2, 0.25) is 11.8 Å². The molecule has 0 spiro atoms. The molecule has 0 rings (SSSR count). The zero-order valence-electron chi connectivity index (χ0n) is 9.67. The lowest BCUT2D eigenvalue weighted by molar-refractivity contribution is -0.144. The smallest absolute Gasteiger partial charge is 0.306 e. The molecular weight excluding hydrogens is 212 g/mol. The van der Waals surface area contributed by atoms with E-state index in [1.54, 1.807) is 6.92 Å². The predicted octanol–water partition coefficient (Wildman–Crippen LogP) is -0.418. The van der Waals surface area contributed by atoms with Gasteiger partial charge in [-0.3, -0.25) is 14.4 Å². The van der Waals surface area contributed by atoms with Crippen molar-refractivity contribution in [3.8, 4) is 0 Å². The Bertz CT molecular complexity index is 253. The minimum atomic E-state index is -0.375. The molecule has 16 heavy (non-hydrogen) atoms. The van der Waals surface area contributed by atoms with Crippen LogP contribution in [0, 0.1) is 0 Å². The van der Waals surface area contributed by atoms with Crippen molar-refractivity contribution in [1.29, 1.82) is 0 Å². The van der Waals surface area contributed by atoms with Crippen molar-refractivity contribution in [1.82, 2.24) is 10.6 Å². The monoisotopic (exact) mass is 230 g/mol. The third kappa shape index (κ3) is 8.98. The number of amides is 2. The molecule has 92 valence electrons. The average Bonchev–Trinajstić information content (AvgIpc) is 2.22. The molecule has 0 fully saturated rings. The van der Waals surface area contributed by atoms with Crippen LogP contribution in [0.15, 0.2) is 0 Å². The second kappa shape index (κ2) is 8.70. The summed E-state index contributed by atoms with van der Waals surface area (Å²) >= 11 is 0. The molecule has 0 bridgehead atoms. The summed E-state index contributed by atoms with van der Waals surface area (Å²) in [4.78, 5) is 32.6. The highest BCUT2D eigenvalue weighted by Gasteiger charge is 2.06. The molecule has 6 nitrogen and oxygen atoms in total. The minimum Gasteiger partial charge on any atom is -0.466 e. The third-order valence-electron chi connectivity index (χ3n) is 1.68. The van der Waals surface area contributed by atoms with Crippen LogP contribution in [0.1, 0.15) is 26.7 Å². The van der Waals surface area contributed by atoms with Crippen LogP contribution in [0.25, 0.3) is 0 Å². The van der Waals surface area contributed by atoms with Gasteiger partial charge in [0.15, 0.2) is 0 Å². The lowest BCUT2D eigenvalue weighted by atomic mass is 10.3. The van der Waals surface area contributed by atoms with E-state index < -0.39 is 0 Å². The molecule has 0 unspecified atom stereocenters. The Balaban J connectivity index is 3.44. The van der Waals surface area contributed by atoms with Crippen molar-refractivity contribution in [2.45, 2.75) is 26.7 Å². The van der Waals surface area contributed by atoms with Gasteiger partial charge in [-0.15, -0.1) is 0 Å². The zero-order chi connectivity index (χ0) is 12.4. The fraction of sp³-hybridized carbons (Fsp3) is 0.700. The highest BCUT2D eigenvalue weighted by atomic mass is 16.5. The first kappa shape index (κ1) is 14.4. The van der Waals surface area contributed by atoms with Gasteiger partial charge in [0.05, 0.1) is 13.0 Å². The van der Waals surface area contributed by atoms with E-state index in [-0.39, 0.29) is 30.6 Å². The maximum Gasteiger partial charge on any atom is 0.306 e. The maximum absolute atomic E-state index is 11.2. The Labute approximate surface area is 94.7 Å². The largest absolute Gasteiger partial charge is 0.466 e. The standard InChI is InChI=1S/C10H18N2O4/c1-3-16-10(15)5-4-9(14)12-7-6-11-8(2)13/h3-7H2,1-2H3,(H,11,13)(H,12,14).